The molecule has 2 aromatic heterocycles. The minimum absolute atomic E-state index is 0.230. The molecule has 0 aliphatic carbocycles. The van der Waals surface area contributed by atoms with Crippen molar-refractivity contribution in [1.29, 1.82) is 0 Å². The predicted molar refractivity (Wildman–Crippen MR) is 84.3 cm³/mol. The Morgan fingerprint density at radius 1 is 1.18 bits per heavy atom. The number of nitrogens with one attached hydrogen (secondary N) is 2. The molecule has 1 aromatic carbocycles. The molecule has 0 aliphatic heterocycles. The van der Waals surface area contributed by atoms with Gasteiger partial charge in [-0.15, -0.1) is 0 Å². The number of nitrogens with zero attached hydrogens (tertiary/aromatic N) is 3. The summed E-state index contributed by atoms with van der Waals surface area (Å²) in [6, 6.07) is 9.32. The van der Waals surface area contributed by atoms with Gasteiger partial charge in [0.05, 0.1) is 12.0 Å². The molecule has 0 spiro atoms. The Morgan fingerprint density at radius 3 is 2.45 bits per heavy atom. The van der Waals surface area contributed by atoms with Gasteiger partial charge in [-0.2, -0.15) is 5.10 Å². The lowest BCUT2D eigenvalue weighted by Crippen LogP contribution is -2.12. The third kappa shape index (κ3) is 2.63. The molecule has 0 unspecified atom stereocenters. The molecule has 3 rings (SSSR count). The van der Waals surface area contributed by atoms with Crippen molar-refractivity contribution in [3.05, 3.63) is 59.4 Å². The number of benzene rings is 1. The number of carbonyl (C=O) groups excluding carboxylic acids is 1. The van der Waals surface area contributed by atoms with Crippen LogP contribution in [0.2, 0.25) is 0 Å². The highest BCUT2D eigenvalue weighted by molar-refractivity contribution is 6.02. The molecular weight excluding hydrogens is 278 g/mol. The number of amides is 1. The van der Waals surface area contributed by atoms with Crippen molar-refractivity contribution in [2.45, 2.75) is 20.8 Å². The zero-order valence-electron chi connectivity index (χ0n) is 12.7. The molecule has 0 atom stereocenters. The predicted octanol–water partition coefficient (Wildman–Crippen LogP) is 2.77. The highest BCUT2D eigenvalue weighted by Gasteiger charge is 2.10. The average Bonchev–Trinajstić information content (AvgIpc) is 3.08. The van der Waals surface area contributed by atoms with Gasteiger partial charge in [0.25, 0.3) is 5.91 Å². The van der Waals surface area contributed by atoms with Gasteiger partial charge < -0.3 is 9.88 Å². The fraction of sp³-hybridized carbons (Fsp3) is 0.188. The standard InChI is InChI=1S/C16H17N5O/c1-10-8-15(20-19-10)16(22)18-13-4-6-14(7-5-13)21-9-17-11(2)12(21)3/h4-9H,1-3H3,(H,18,22)(H,19,20). The van der Waals surface area contributed by atoms with Crippen molar-refractivity contribution in [2.24, 2.45) is 0 Å². The van der Waals surface area contributed by atoms with Crippen LogP contribution in [0.1, 0.15) is 27.6 Å². The molecule has 0 radical (unpaired) electrons. The largest absolute Gasteiger partial charge is 0.321 e. The summed E-state index contributed by atoms with van der Waals surface area (Å²) in [7, 11) is 0. The zero-order chi connectivity index (χ0) is 15.7. The first kappa shape index (κ1) is 14.1. The Hall–Kier alpha value is -2.89. The van der Waals surface area contributed by atoms with E-state index in [1.165, 1.54) is 0 Å². The number of aromatic amines is 1. The van der Waals surface area contributed by atoms with Gasteiger partial charge >= 0.3 is 0 Å². The molecule has 6 heteroatoms. The number of H-pyrrole nitrogens is 1. The molecule has 6 nitrogen and oxygen atoms in total. The maximum absolute atomic E-state index is 12.0. The summed E-state index contributed by atoms with van der Waals surface area (Å²) in [6.45, 7) is 5.86. The van der Waals surface area contributed by atoms with E-state index in [9.17, 15) is 4.79 Å². The molecule has 0 fully saturated rings. The molecule has 2 N–H and O–H groups in total. The summed E-state index contributed by atoms with van der Waals surface area (Å²) in [5.74, 6) is -0.230. The van der Waals surface area contributed by atoms with E-state index in [0.717, 1.165) is 28.5 Å². The van der Waals surface area contributed by atoms with Gasteiger partial charge in [-0.05, 0) is 51.1 Å². The van der Waals surface area contributed by atoms with E-state index in [1.54, 1.807) is 12.4 Å². The number of hydrogen-bond acceptors (Lipinski definition) is 3. The summed E-state index contributed by atoms with van der Waals surface area (Å²) in [5.41, 5.74) is 5.07. The lowest BCUT2D eigenvalue weighted by Gasteiger charge is -2.08. The van der Waals surface area contributed by atoms with Crippen LogP contribution in [0.5, 0.6) is 0 Å². The second kappa shape index (κ2) is 5.48. The summed E-state index contributed by atoms with van der Waals surface area (Å²) in [5, 5.41) is 9.52. The van der Waals surface area contributed by atoms with E-state index in [1.807, 2.05) is 49.6 Å². The topological polar surface area (TPSA) is 75.6 Å². The van der Waals surface area contributed by atoms with Gasteiger partial charge in [-0.3, -0.25) is 9.89 Å². The number of imidazole rings is 1. The van der Waals surface area contributed by atoms with Crippen LogP contribution in [0.3, 0.4) is 0 Å². The van der Waals surface area contributed by atoms with E-state index in [2.05, 4.69) is 20.5 Å². The first-order valence-electron chi connectivity index (χ1n) is 6.99. The maximum Gasteiger partial charge on any atom is 0.276 e. The summed E-state index contributed by atoms with van der Waals surface area (Å²) in [4.78, 5) is 16.3. The van der Waals surface area contributed by atoms with Gasteiger partial charge in [0.1, 0.15) is 0 Å². The zero-order valence-corrected chi connectivity index (χ0v) is 12.7. The normalized spacial score (nSPS) is 10.7. The molecule has 0 saturated heterocycles. The van der Waals surface area contributed by atoms with Gasteiger partial charge in [0, 0.05) is 22.8 Å². The Balaban J connectivity index is 1.77. The fourth-order valence-corrected chi connectivity index (χ4v) is 2.19. The van der Waals surface area contributed by atoms with E-state index in [4.69, 9.17) is 0 Å². The fourth-order valence-electron chi connectivity index (χ4n) is 2.19. The molecule has 112 valence electrons. The van der Waals surface area contributed by atoms with Crippen LogP contribution >= 0.6 is 0 Å². The number of aromatic nitrogens is 4. The molecule has 1 amide bonds. The van der Waals surface area contributed by atoms with Crippen molar-refractivity contribution < 1.29 is 4.79 Å². The minimum Gasteiger partial charge on any atom is -0.321 e. The van der Waals surface area contributed by atoms with Crippen LogP contribution in [0, 0.1) is 20.8 Å². The van der Waals surface area contributed by atoms with Gasteiger partial charge in [-0.25, -0.2) is 4.98 Å². The van der Waals surface area contributed by atoms with Gasteiger partial charge in [0.15, 0.2) is 5.69 Å². The van der Waals surface area contributed by atoms with Crippen LogP contribution < -0.4 is 5.32 Å². The molecule has 0 saturated carbocycles. The SMILES string of the molecule is Cc1cc(C(=O)Nc2ccc(-n3cnc(C)c3C)cc2)n[nH]1. The van der Waals surface area contributed by atoms with E-state index < -0.39 is 0 Å². The summed E-state index contributed by atoms with van der Waals surface area (Å²) < 4.78 is 2.01. The second-order valence-corrected chi connectivity index (χ2v) is 5.22. The first-order valence-corrected chi connectivity index (χ1v) is 6.99. The maximum atomic E-state index is 12.0. The summed E-state index contributed by atoms with van der Waals surface area (Å²) in [6.07, 6.45) is 1.80. The molecule has 0 aliphatic rings. The number of carbonyl (C=O) groups is 1. The highest BCUT2D eigenvalue weighted by Crippen LogP contribution is 2.17. The van der Waals surface area contributed by atoms with Crippen LogP contribution in [0.4, 0.5) is 5.69 Å². The third-order valence-electron chi connectivity index (χ3n) is 3.59. The molecule has 0 bridgehead atoms. The molecule has 3 aromatic rings. The van der Waals surface area contributed by atoms with Crippen molar-refractivity contribution in [3.8, 4) is 5.69 Å². The lowest BCUT2D eigenvalue weighted by atomic mass is 10.2. The van der Waals surface area contributed by atoms with Crippen molar-refractivity contribution in [3.63, 3.8) is 0 Å². The van der Waals surface area contributed by atoms with Gasteiger partial charge in [-0.1, -0.05) is 0 Å². The van der Waals surface area contributed by atoms with Crippen molar-refractivity contribution >= 4 is 11.6 Å². The van der Waals surface area contributed by atoms with Crippen LogP contribution in [-0.2, 0) is 0 Å². The molecule has 22 heavy (non-hydrogen) atoms. The van der Waals surface area contributed by atoms with E-state index in [-0.39, 0.29) is 5.91 Å². The lowest BCUT2D eigenvalue weighted by molar-refractivity contribution is 0.102. The van der Waals surface area contributed by atoms with Crippen LogP contribution in [-0.4, -0.2) is 25.7 Å². The Labute approximate surface area is 128 Å². The summed E-state index contributed by atoms with van der Waals surface area (Å²) >= 11 is 0. The molecular formula is C16H17N5O. The molecule has 2 heterocycles. The number of aryl methyl sites for hydroxylation is 2. The average molecular weight is 295 g/mol. The quantitative estimate of drug-likeness (QED) is 0.780. The number of anilines is 1. The first-order chi connectivity index (χ1) is 10.5. The highest BCUT2D eigenvalue weighted by atomic mass is 16.1. The van der Waals surface area contributed by atoms with E-state index in [0.29, 0.717) is 5.69 Å². The number of rotatable bonds is 3. The Kier molecular flexibility index (Phi) is 3.50. The monoisotopic (exact) mass is 295 g/mol. The second-order valence-electron chi connectivity index (χ2n) is 5.22. The van der Waals surface area contributed by atoms with Crippen LogP contribution in [0.15, 0.2) is 36.7 Å². The van der Waals surface area contributed by atoms with Crippen LogP contribution in [0.25, 0.3) is 5.69 Å². The Bertz CT molecular complexity index is 813. The number of hydrogen-bond donors (Lipinski definition) is 2. The van der Waals surface area contributed by atoms with Crippen molar-refractivity contribution in [2.75, 3.05) is 5.32 Å². The third-order valence-corrected chi connectivity index (χ3v) is 3.59. The van der Waals surface area contributed by atoms with Crippen molar-refractivity contribution in [1.82, 2.24) is 19.7 Å². The Morgan fingerprint density at radius 2 is 1.91 bits per heavy atom. The minimum atomic E-state index is -0.230. The van der Waals surface area contributed by atoms with E-state index >= 15 is 0 Å². The smallest absolute Gasteiger partial charge is 0.276 e. The van der Waals surface area contributed by atoms with Gasteiger partial charge in [0.2, 0.25) is 0 Å².